The second-order valence-corrected chi connectivity index (χ2v) is 7.77. The van der Waals surface area contributed by atoms with Gasteiger partial charge in [-0.15, -0.1) is 11.3 Å². The molecule has 140 valence electrons. The topological polar surface area (TPSA) is 104 Å². The smallest absolute Gasteiger partial charge is 0.317 e. The summed E-state index contributed by atoms with van der Waals surface area (Å²) >= 11 is 1.42. The first-order valence-corrected chi connectivity index (χ1v) is 9.38. The molecule has 0 radical (unpaired) electrons. The van der Waals surface area contributed by atoms with Gasteiger partial charge in [-0.25, -0.2) is 4.98 Å². The second-order valence-electron chi connectivity index (χ2n) is 6.59. The summed E-state index contributed by atoms with van der Waals surface area (Å²) in [5.41, 5.74) is 0.476. The zero-order chi connectivity index (χ0) is 19.0. The molecule has 0 aromatic carbocycles. The van der Waals surface area contributed by atoms with Crippen LogP contribution in [0.15, 0.2) is 11.0 Å². The minimum atomic E-state index is -0.854. The molecule has 0 spiro atoms. The van der Waals surface area contributed by atoms with E-state index < -0.39 is 11.9 Å². The molecule has 2 aromatic rings. The molecule has 2 heterocycles. The average Bonchev–Trinajstić information content (AvgIpc) is 2.84. The molecule has 8 nitrogen and oxygen atoms in total. The molecule has 0 atom stereocenters. The summed E-state index contributed by atoms with van der Waals surface area (Å²) in [5, 5.41) is 11.8. The molecule has 0 aliphatic heterocycles. The Morgan fingerprint density at radius 2 is 2.12 bits per heavy atom. The molecule has 26 heavy (non-hydrogen) atoms. The molecule has 9 heteroatoms. The molecule has 0 saturated heterocycles. The highest BCUT2D eigenvalue weighted by Crippen LogP contribution is 2.26. The second kappa shape index (κ2) is 7.16. The van der Waals surface area contributed by atoms with E-state index in [9.17, 15) is 14.4 Å². The predicted octanol–water partition coefficient (Wildman–Crippen LogP) is 1.04. The number of hydrogen-bond donors (Lipinski definition) is 2. The summed E-state index contributed by atoms with van der Waals surface area (Å²) in [4.78, 5) is 43.7. The van der Waals surface area contributed by atoms with Crippen LogP contribution in [0.1, 0.15) is 40.7 Å². The van der Waals surface area contributed by atoms with E-state index in [0.717, 1.165) is 10.6 Å². The number of thiazole rings is 1. The van der Waals surface area contributed by atoms with E-state index in [1.807, 2.05) is 25.7 Å². The highest BCUT2D eigenvalue weighted by molar-refractivity contribution is 7.17. The Kier molecular flexibility index (Phi) is 5.10. The monoisotopic (exact) mass is 378 g/mol. The maximum atomic E-state index is 12.6. The summed E-state index contributed by atoms with van der Waals surface area (Å²) in [7, 11) is 0. The van der Waals surface area contributed by atoms with E-state index >= 15 is 0 Å². The SMILES string of the molecule is CCN(CC(=O)O)C1CC(NC(=O)c2cnc3sc(C)c(C)n3c2=O)C1. The van der Waals surface area contributed by atoms with E-state index in [1.165, 1.54) is 21.9 Å². The largest absolute Gasteiger partial charge is 0.480 e. The van der Waals surface area contributed by atoms with Gasteiger partial charge in [0.25, 0.3) is 11.5 Å². The van der Waals surface area contributed by atoms with Crippen molar-refractivity contribution in [2.24, 2.45) is 0 Å². The van der Waals surface area contributed by atoms with Crippen molar-refractivity contribution in [1.82, 2.24) is 19.6 Å². The number of likely N-dealkylation sites (N-methyl/N-ethyl adjacent to an activating group) is 1. The Morgan fingerprint density at radius 3 is 2.73 bits per heavy atom. The van der Waals surface area contributed by atoms with Crippen LogP contribution >= 0.6 is 11.3 Å². The van der Waals surface area contributed by atoms with E-state index in [4.69, 9.17) is 5.11 Å². The van der Waals surface area contributed by atoms with Gasteiger partial charge in [0.1, 0.15) is 5.56 Å². The fourth-order valence-electron chi connectivity index (χ4n) is 3.27. The number of carbonyl (C=O) groups is 2. The number of carboxylic acids is 1. The normalized spacial score (nSPS) is 19.5. The molecule has 1 saturated carbocycles. The van der Waals surface area contributed by atoms with Gasteiger partial charge < -0.3 is 10.4 Å². The van der Waals surface area contributed by atoms with Crippen molar-refractivity contribution < 1.29 is 14.7 Å². The predicted molar refractivity (Wildman–Crippen MR) is 98.0 cm³/mol. The fourth-order valence-corrected chi connectivity index (χ4v) is 4.20. The van der Waals surface area contributed by atoms with Crippen LogP contribution in [0.3, 0.4) is 0 Å². The molecular formula is C17H22N4O4S. The van der Waals surface area contributed by atoms with Crippen molar-refractivity contribution in [3.63, 3.8) is 0 Å². The Bertz CT molecular complexity index is 913. The lowest BCUT2D eigenvalue weighted by molar-refractivity contribution is -0.139. The lowest BCUT2D eigenvalue weighted by Gasteiger charge is -2.42. The van der Waals surface area contributed by atoms with Crippen LogP contribution < -0.4 is 10.9 Å². The summed E-state index contributed by atoms with van der Waals surface area (Å²) < 4.78 is 1.48. The van der Waals surface area contributed by atoms with Crippen LogP contribution in [0, 0.1) is 13.8 Å². The standard InChI is InChI=1S/C17H22N4O4S/c1-4-20(8-14(22)23)12-5-11(6-12)19-15(24)13-7-18-17-21(16(13)25)9(2)10(3)26-17/h7,11-12H,4-6,8H2,1-3H3,(H,19,24)(H,22,23). The number of carbonyl (C=O) groups excluding carboxylic acids is 1. The summed E-state index contributed by atoms with van der Waals surface area (Å²) in [6.07, 6.45) is 2.70. The Morgan fingerprint density at radius 1 is 1.42 bits per heavy atom. The van der Waals surface area contributed by atoms with Gasteiger partial charge in [-0.05, 0) is 33.2 Å². The Labute approximate surface area is 154 Å². The number of aliphatic carboxylic acids is 1. The maximum Gasteiger partial charge on any atom is 0.317 e. The molecule has 1 fully saturated rings. The van der Waals surface area contributed by atoms with Crippen molar-refractivity contribution in [2.45, 2.75) is 45.7 Å². The third-order valence-electron chi connectivity index (χ3n) is 4.97. The zero-order valence-corrected chi connectivity index (χ0v) is 15.8. The Balaban J connectivity index is 1.68. The van der Waals surface area contributed by atoms with E-state index in [2.05, 4.69) is 10.3 Å². The highest BCUT2D eigenvalue weighted by atomic mass is 32.1. The highest BCUT2D eigenvalue weighted by Gasteiger charge is 2.35. The third kappa shape index (κ3) is 3.36. The number of fused-ring (bicyclic) bond motifs is 1. The van der Waals surface area contributed by atoms with Gasteiger partial charge in [-0.2, -0.15) is 0 Å². The zero-order valence-electron chi connectivity index (χ0n) is 15.0. The van der Waals surface area contributed by atoms with Crippen LogP contribution in [-0.2, 0) is 4.79 Å². The number of aryl methyl sites for hydroxylation is 2. The van der Waals surface area contributed by atoms with Gasteiger partial charge in [0.15, 0.2) is 4.96 Å². The van der Waals surface area contributed by atoms with Gasteiger partial charge in [-0.3, -0.25) is 23.7 Å². The molecule has 2 N–H and O–H groups in total. The van der Waals surface area contributed by atoms with Crippen LogP contribution in [-0.4, -0.2) is 56.4 Å². The van der Waals surface area contributed by atoms with Gasteiger partial charge in [0.2, 0.25) is 0 Å². The van der Waals surface area contributed by atoms with E-state index in [0.29, 0.717) is 24.3 Å². The summed E-state index contributed by atoms with van der Waals surface area (Å²) in [6, 6.07) is 0.0885. The average molecular weight is 378 g/mol. The van der Waals surface area contributed by atoms with Gasteiger partial charge in [0.05, 0.1) is 6.54 Å². The molecule has 1 aliphatic rings. The van der Waals surface area contributed by atoms with Crippen molar-refractivity contribution in [1.29, 1.82) is 0 Å². The third-order valence-corrected chi connectivity index (χ3v) is 6.04. The van der Waals surface area contributed by atoms with Crippen LogP contribution in [0.25, 0.3) is 4.96 Å². The molecule has 2 aromatic heterocycles. The van der Waals surface area contributed by atoms with Crippen molar-refractivity contribution in [2.75, 3.05) is 13.1 Å². The first-order valence-electron chi connectivity index (χ1n) is 8.56. The number of carboxylic acid groups (broad SMARTS) is 1. The number of nitrogens with one attached hydrogen (secondary N) is 1. The van der Waals surface area contributed by atoms with E-state index in [-0.39, 0.29) is 29.8 Å². The van der Waals surface area contributed by atoms with Crippen LogP contribution in [0.5, 0.6) is 0 Å². The minimum Gasteiger partial charge on any atom is -0.480 e. The minimum absolute atomic E-state index is 0.000548. The number of nitrogens with zero attached hydrogens (tertiary/aromatic N) is 3. The van der Waals surface area contributed by atoms with Crippen LogP contribution in [0.4, 0.5) is 0 Å². The number of amides is 1. The van der Waals surface area contributed by atoms with Gasteiger partial charge in [0, 0.05) is 28.9 Å². The van der Waals surface area contributed by atoms with E-state index in [1.54, 1.807) is 0 Å². The molecular weight excluding hydrogens is 356 g/mol. The molecule has 0 bridgehead atoms. The Hall–Kier alpha value is -2.26. The lowest BCUT2D eigenvalue weighted by Crippen LogP contribution is -2.55. The maximum absolute atomic E-state index is 12.6. The first kappa shape index (κ1) is 18.5. The first-order chi connectivity index (χ1) is 12.3. The van der Waals surface area contributed by atoms with Crippen LogP contribution in [0.2, 0.25) is 0 Å². The summed E-state index contributed by atoms with van der Waals surface area (Å²) in [5.74, 6) is -1.28. The van der Waals surface area contributed by atoms with Crippen molar-refractivity contribution in [3.8, 4) is 0 Å². The van der Waals surface area contributed by atoms with Gasteiger partial charge >= 0.3 is 5.97 Å². The number of rotatable bonds is 6. The van der Waals surface area contributed by atoms with Crippen molar-refractivity contribution >= 4 is 28.2 Å². The summed E-state index contributed by atoms with van der Waals surface area (Å²) in [6.45, 7) is 6.32. The quantitative estimate of drug-likeness (QED) is 0.778. The molecule has 1 amide bonds. The molecule has 3 rings (SSSR count). The van der Waals surface area contributed by atoms with Crippen molar-refractivity contribution in [3.05, 3.63) is 32.7 Å². The molecule has 0 unspecified atom stereocenters. The fraction of sp³-hybridized carbons (Fsp3) is 0.529. The number of aromatic nitrogens is 2. The number of hydrogen-bond acceptors (Lipinski definition) is 6. The lowest BCUT2D eigenvalue weighted by atomic mass is 9.85. The molecule has 1 aliphatic carbocycles. The van der Waals surface area contributed by atoms with Gasteiger partial charge in [-0.1, -0.05) is 6.92 Å².